The minimum Gasteiger partial charge on any atom is -0.267 e. The fraction of sp³-hybridized carbons (Fsp3) is 0. The van der Waals surface area contributed by atoms with Gasteiger partial charge in [-0.2, -0.15) is 20.4 Å². The molecule has 0 saturated carbocycles. The van der Waals surface area contributed by atoms with E-state index in [1.165, 1.54) is 0 Å². The molecule has 4 aromatic carbocycles. The molecule has 0 aliphatic carbocycles. The van der Waals surface area contributed by atoms with Crippen LogP contribution in [0.2, 0.25) is 10.3 Å². The quantitative estimate of drug-likeness (QED) is 0.215. The van der Waals surface area contributed by atoms with Crippen LogP contribution in [0.15, 0.2) is 131 Å². The van der Waals surface area contributed by atoms with E-state index in [0.29, 0.717) is 33.2 Å². The van der Waals surface area contributed by atoms with Crippen molar-refractivity contribution in [3.8, 4) is 33.9 Å². The van der Waals surface area contributed by atoms with Crippen molar-refractivity contribution < 1.29 is 0 Å². The van der Waals surface area contributed by atoms with Crippen LogP contribution >= 0.6 is 23.2 Å². The zero-order valence-corrected chi connectivity index (χ0v) is 25.3. The van der Waals surface area contributed by atoms with Gasteiger partial charge in [0.1, 0.15) is 22.4 Å². The summed E-state index contributed by atoms with van der Waals surface area (Å²) in [6, 6.07) is 38.1. The Morgan fingerprint density at radius 3 is 1.41 bits per heavy atom. The Morgan fingerprint density at radius 1 is 0.478 bits per heavy atom. The number of nitrogens with zero attached hydrogens (tertiary/aromatic N) is 6. The summed E-state index contributed by atoms with van der Waals surface area (Å²) in [6.07, 6.45) is 0. The van der Waals surface area contributed by atoms with Crippen LogP contribution in [0.25, 0.3) is 55.7 Å². The molecule has 0 aliphatic heterocycles. The predicted molar refractivity (Wildman–Crippen MR) is 180 cm³/mol. The smallest absolute Gasteiger partial charge is 0.267 e. The minimum atomic E-state index is -0.331. The van der Waals surface area contributed by atoms with Crippen LogP contribution in [-0.4, -0.2) is 40.0 Å². The van der Waals surface area contributed by atoms with E-state index in [2.05, 4.69) is 30.6 Å². The highest BCUT2D eigenvalue weighted by molar-refractivity contribution is 6.35. The van der Waals surface area contributed by atoms with E-state index in [1.807, 2.05) is 121 Å². The van der Waals surface area contributed by atoms with E-state index in [-0.39, 0.29) is 21.4 Å². The first-order chi connectivity index (χ1) is 22.5. The molecule has 8 aromatic rings. The highest BCUT2D eigenvalue weighted by Crippen LogP contribution is 2.32. The van der Waals surface area contributed by atoms with Crippen LogP contribution in [0.4, 0.5) is 0 Å². The second-order valence-corrected chi connectivity index (χ2v) is 10.8. The second-order valence-electron chi connectivity index (χ2n) is 10.1. The summed E-state index contributed by atoms with van der Waals surface area (Å²) in [4.78, 5) is 24.7. The Labute approximate surface area is 270 Å². The third kappa shape index (κ3) is 5.25. The highest BCUT2D eigenvalue weighted by atomic mass is 35.5. The average Bonchev–Trinajstić information content (AvgIpc) is 3.72. The van der Waals surface area contributed by atoms with Crippen molar-refractivity contribution in [3.63, 3.8) is 0 Å². The van der Waals surface area contributed by atoms with Gasteiger partial charge in [0.15, 0.2) is 10.3 Å². The summed E-state index contributed by atoms with van der Waals surface area (Å²) in [7, 11) is 0. The average molecular weight is 646 g/mol. The zero-order chi connectivity index (χ0) is 31.6. The van der Waals surface area contributed by atoms with Crippen molar-refractivity contribution in [1.82, 2.24) is 40.0 Å². The lowest BCUT2D eigenvalue weighted by molar-refractivity contribution is 0.899. The van der Waals surface area contributed by atoms with Crippen LogP contribution in [0.5, 0.6) is 0 Å². The van der Waals surface area contributed by atoms with E-state index in [0.717, 1.165) is 22.5 Å². The van der Waals surface area contributed by atoms with Crippen molar-refractivity contribution in [2.75, 3.05) is 0 Å². The van der Waals surface area contributed by atoms with Crippen LogP contribution in [0.3, 0.4) is 0 Å². The molecule has 0 spiro atoms. The summed E-state index contributed by atoms with van der Waals surface area (Å²) >= 11 is 12.5. The summed E-state index contributed by atoms with van der Waals surface area (Å²) in [5.74, 6) is 0. The monoisotopic (exact) mass is 644 g/mol. The standard InChI is InChI=1S/2C17H11ClN4O/c18-16-15-13(17(23)20-19-16)14(11-7-3-1-4-8-11)21-22(15)12-9-5-2-6-10-12;18-16-13-14(11-7-3-1-4-8-11)21-22(12-9-5-2-6-10-12)15(13)17(23)20-19-16/h2*1-10H,(H,20,23). The molecule has 46 heavy (non-hydrogen) atoms. The maximum absolute atomic E-state index is 12.3. The number of fused-ring (bicyclic) bond motifs is 2. The highest BCUT2D eigenvalue weighted by Gasteiger charge is 2.21. The third-order valence-corrected chi connectivity index (χ3v) is 7.76. The Bertz CT molecular complexity index is 2250. The number of nitrogens with one attached hydrogen (secondary N) is 2. The molecule has 0 radical (unpaired) electrons. The lowest BCUT2D eigenvalue weighted by Gasteiger charge is -2.03. The van der Waals surface area contributed by atoms with Crippen molar-refractivity contribution in [2.24, 2.45) is 0 Å². The maximum atomic E-state index is 12.3. The van der Waals surface area contributed by atoms with Gasteiger partial charge in [0.25, 0.3) is 11.1 Å². The number of halogens is 2. The predicted octanol–water partition coefficient (Wildman–Crippen LogP) is 6.86. The van der Waals surface area contributed by atoms with Crippen molar-refractivity contribution in [3.05, 3.63) is 152 Å². The molecule has 0 unspecified atom stereocenters. The normalized spacial score (nSPS) is 11.0. The first kappa shape index (κ1) is 28.9. The van der Waals surface area contributed by atoms with Crippen LogP contribution < -0.4 is 11.1 Å². The molecule has 0 fully saturated rings. The molecule has 12 heteroatoms. The zero-order valence-electron chi connectivity index (χ0n) is 23.8. The van der Waals surface area contributed by atoms with Gasteiger partial charge in [0.2, 0.25) is 0 Å². The molecule has 2 N–H and O–H groups in total. The summed E-state index contributed by atoms with van der Waals surface area (Å²) < 4.78 is 3.26. The van der Waals surface area contributed by atoms with Crippen molar-refractivity contribution >= 4 is 45.0 Å². The van der Waals surface area contributed by atoms with Gasteiger partial charge in [-0.25, -0.2) is 19.6 Å². The Morgan fingerprint density at radius 2 is 0.891 bits per heavy atom. The third-order valence-electron chi connectivity index (χ3n) is 7.22. The minimum absolute atomic E-state index is 0.207. The fourth-order valence-corrected chi connectivity index (χ4v) is 5.61. The number of hydrogen-bond acceptors (Lipinski definition) is 6. The van der Waals surface area contributed by atoms with Gasteiger partial charge in [-0.1, -0.05) is 120 Å². The number of H-pyrrole nitrogens is 2. The SMILES string of the molecule is O=c1[nH]nc(Cl)c2c(-c3ccccc3)nn(-c3ccccc3)c12.O=c1[nH]nc(Cl)c2c1c(-c1ccccc1)nn2-c1ccccc1. The molecule has 4 heterocycles. The largest absolute Gasteiger partial charge is 0.290 e. The fourth-order valence-electron chi connectivity index (χ4n) is 5.17. The molecular formula is C34H22Cl2N8O2. The number of para-hydroxylation sites is 2. The molecule has 0 bridgehead atoms. The molecule has 0 amide bonds. The molecule has 8 rings (SSSR count). The molecular weight excluding hydrogens is 623 g/mol. The summed E-state index contributed by atoms with van der Waals surface area (Å²) in [6.45, 7) is 0. The van der Waals surface area contributed by atoms with E-state index in [4.69, 9.17) is 23.2 Å². The van der Waals surface area contributed by atoms with Crippen LogP contribution in [-0.2, 0) is 0 Å². The number of aromatic amines is 2. The molecule has 0 aliphatic rings. The first-order valence-electron chi connectivity index (χ1n) is 14.1. The number of benzene rings is 4. The van der Waals surface area contributed by atoms with Gasteiger partial charge in [0.05, 0.1) is 22.1 Å². The van der Waals surface area contributed by atoms with Gasteiger partial charge in [0, 0.05) is 11.1 Å². The number of rotatable bonds is 4. The van der Waals surface area contributed by atoms with Gasteiger partial charge >= 0.3 is 0 Å². The molecule has 224 valence electrons. The van der Waals surface area contributed by atoms with Crippen LogP contribution in [0.1, 0.15) is 0 Å². The number of hydrogen-bond donors (Lipinski definition) is 2. The van der Waals surface area contributed by atoms with E-state index in [9.17, 15) is 9.59 Å². The Balaban J connectivity index is 0.000000147. The maximum Gasteiger partial charge on any atom is 0.290 e. The number of aromatic nitrogens is 8. The topological polar surface area (TPSA) is 127 Å². The summed E-state index contributed by atoms with van der Waals surface area (Å²) in [5, 5.41) is 23.2. The van der Waals surface area contributed by atoms with Gasteiger partial charge < -0.3 is 0 Å². The van der Waals surface area contributed by atoms with Crippen molar-refractivity contribution in [2.45, 2.75) is 0 Å². The van der Waals surface area contributed by atoms with Crippen LogP contribution in [0, 0.1) is 0 Å². The van der Waals surface area contributed by atoms with Gasteiger partial charge in [-0.05, 0) is 24.3 Å². The van der Waals surface area contributed by atoms with E-state index >= 15 is 0 Å². The molecule has 4 aromatic heterocycles. The van der Waals surface area contributed by atoms with Gasteiger partial charge in [-0.3, -0.25) is 9.59 Å². The van der Waals surface area contributed by atoms with E-state index < -0.39 is 0 Å². The molecule has 0 saturated heterocycles. The first-order valence-corrected chi connectivity index (χ1v) is 14.8. The summed E-state index contributed by atoms with van der Waals surface area (Å²) in [5.41, 5.74) is 4.77. The Kier molecular flexibility index (Phi) is 7.71. The van der Waals surface area contributed by atoms with Crippen molar-refractivity contribution in [1.29, 1.82) is 0 Å². The second kappa shape index (κ2) is 12.3. The lowest BCUT2D eigenvalue weighted by atomic mass is 10.1. The van der Waals surface area contributed by atoms with E-state index in [1.54, 1.807) is 9.36 Å². The van der Waals surface area contributed by atoms with Gasteiger partial charge in [-0.15, -0.1) is 0 Å². The lowest BCUT2D eigenvalue weighted by Crippen LogP contribution is -2.12. The molecule has 0 atom stereocenters. The molecule has 10 nitrogen and oxygen atoms in total. The Hall–Kier alpha value is -5.84.